The molecular weight excluding hydrogens is 244 g/mol. The monoisotopic (exact) mass is 266 g/mol. The molecule has 0 unspecified atom stereocenters. The molecule has 0 radical (unpaired) electrons. The molecule has 1 aromatic rings. The van der Waals surface area contributed by atoms with Gasteiger partial charge in [-0.15, -0.1) is 0 Å². The maximum absolute atomic E-state index is 9.96. The minimum atomic E-state index is -0.342. The molecule has 19 heavy (non-hydrogen) atoms. The van der Waals surface area contributed by atoms with Crippen LogP contribution < -0.4 is 4.74 Å². The molecule has 106 valence electrons. The molecule has 0 aromatic heterocycles. The first-order chi connectivity index (χ1) is 9.31. The molecule has 0 bridgehead atoms. The molecule has 0 saturated heterocycles. The summed E-state index contributed by atoms with van der Waals surface area (Å²) in [5.41, 5.74) is 2.26. The lowest BCUT2D eigenvalue weighted by molar-refractivity contribution is 0.0543. The van der Waals surface area contributed by atoms with Crippen molar-refractivity contribution in [3.63, 3.8) is 0 Å². The van der Waals surface area contributed by atoms with E-state index in [4.69, 9.17) is 14.2 Å². The Labute approximate surface area is 114 Å². The van der Waals surface area contributed by atoms with Crippen LogP contribution in [0.25, 0.3) is 0 Å². The van der Waals surface area contributed by atoms with E-state index < -0.39 is 0 Å². The Hall–Kier alpha value is -1.10. The van der Waals surface area contributed by atoms with Gasteiger partial charge in [-0.05, 0) is 42.5 Å². The molecular formula is C15H22O4. The first-order valence-corrected chi connectivity index (χ1v) is 6.81. The lowest BCUT2D eigenvalue weighted by Crippen LogP contribution is -2.12. The number of rotatable bonds is 7. The molecule has 0 aliphatic heterocycles. The van der Waals surface area contributed by atoms with Crippen molar-refractivity contribution in [3.05, 3.63) is 29.3 Å². The van der Waals surface area contributed by atoms with Crippen LogP contribution in [-0.2, 0) is 15.9 Å². The molecule has 4 heteroatoms. The van der Waals surface area contributed by atoms with Crippen molar-refractivity contribution in [2.45, 2.75) is 25.4 Å². The highest BCUT2D eigenvalue weighted by Gasteiger charge is 2.18. The van der Waals surface area contributed by atoms with E-state index in [1.54, 1.807) is 7.11 Å². The van der Waals surface area contributed by atoms with Crippen molar-refractivity contribution in [2.24, 2.45) is 0 Å². The Morgan fingerprint density at radius 1 is 1.21 bits per heavy atom. The van der Waals surface area contributed by atoms with Gasteiger partial charge in [-0.25, -0.2) is 0 Å². The Morgan fingerprint density at radius 2 is 2.05 bits per heavy atom. The van der Waals surface area contributed by atoms with Gasteiger partial charge in [0.1, 0.15) is 12.4 Å². The van der Waals surface area contributed by atoms with E-state index in [-0.39, 0.29) is 6.10 Å². The SMILES string of the molecule is COCCOCCOc1ccc2c(c1)[C@H](O)CCC2. The second-order valence-electron chi connectivity index (χ2n) is 4.72. The van der Waals surface area contributed by atoms with Crippen LogP contribution in [0.3, 0.4) is 0 Å². The van der Waals surface area contributed by atoms with E-state index in [1.165, 1.54) is 5.56 Å². The van der Waals surface area contributed by atoms with E-state index in [1.807, 2.05) is 12.1 Å². The van der Waals surface area contributed by atoms with Crippen LogP contribution >= 0.6 is 0 Å². The summed E-state index contributed by atoms with van der Waals surface area (Å²) in [5, 5.41) is 9.96. The van der Waals surface area contributed by atoms with Gasteiger partial charge in [-0.3, -0.25) is 0 Å². The van der Waals surface area contributed by atoms with Crippen molar-refractivity contribution in [1.82, 2.24) is 0 Å². The number of hydrogen-bond acceptors (Lipinski definition) is 4. The summed E-state index contributed by atoms with van der Waals surface area (Å²) in [6.45, 7) is 2.25. The number of aliphatic hydroxyl groups is 1. The number of aryl methyl sites for hydroxylation is 1. The summed E-state index contributed by atoms with van der Waals surface area (Å²) < 4.78 is 15.8. The van der Waals surface area contributed by atoms with E-state index in [0.29, 0.717) is 26.4 Å². The van der Waals surface area contributed by atoms with Crippen molar-refractivity contribution in [3.8, 4) is 5.75 Å². The Bertz CT molecular complexity index is 392. The molecule has 1 aromatic carbocycles. The average Bonchev–Trinajstić information content (AvgIpc) is 2.43. The molecule has 1 aliphatic carbocycles. The fraction of sp³-hybridized carbons (Fsp3) is 0.600. The van der Waals surface area contributed by atoms with E-state index in [9.17, 15) is 5.11 Å². The van der Waals surface area contributed by atoms with E-state index in [2.05, 4.69) is 6.07 Å². The minimum Gasteiger partial charge on any atom is -0.491 e. The highest BCUT2D eigenvalue weighted by molar-refractivity contribution is 5.38. The topological polar surface area (TPSA) is 47.9 Å². The van der Waals surface area contributed by atoms with Gasteiger partial charge in [0.2, 0.25) is 0 Å². The summed E-state index contributed by atoms with van der Waals surface area (Å²) >= 11 is 0. The third-order valence-corrected chi connectivity index (χ3v) is 3.33. The van der Waals surface area contributed by atoms with Crippen molar-refractivity contribution in [1.29, 1.82) is 0 Å². The molecule has 2 rings (SSSR count). The number of hydrogen-bond donors (Lipinski definition) is 1. The highest BCUT2D eigenvalue weighted by atomic mass is 16.5. The Balaban J connectivity index is 1.79. The first kappa shape index (κ1) is 14.3. The van der Waals surface area contributed by atoms with Gasteiger partial charge in [0.05, 0.1) is 25.9 Å². The number of methoxy groups -OCH3 is 1. The van der Waals surface area contributed by atoms with Crippen LogP contribution in [0.2, 0.25) is 0 Å². The van der Waals surface area contributed by atoms with Gasteiger partial charge in [0, 0.05) is 7.11 Å². The largest absolute Gasteiger partial charge is 0.491 e. The van der Waals surface area contributed by atoms with Gasteiger partial charge in [-0.1, -0.05) is 6.07 Å². The lowest BCUT2D eigenvalue weighted by Gasteiger charge is -2.22. The zero-order chi connectivity index (χ0) is 13.5. The normalized spacial score (nSPS) is 18.1. The van der Waals surface area contributed by atoms with E-state index in [0.717, 1.165) is 30.6 Å². The van der Waals surface area contributed by atoms with Crippen LogP contribution in [-0.4, -0.2) is 38.6 Å². The average molecular weight is 266 g/mol. The van der Waals surface area contributed by atoms with Gasteiger partial charge >= 0.3 is 0 Å². The fourth-order valence-corrected chi connectivity index (χ4v) is 2.30. The van der Waals surface area contributed by atoms with Crippen LogP contribution in [0.15, 0.2) is 18.2 Å². The van der Waals surface area contributed by atoms with Gasteiger partial charge in [-0.2, -0.15) is 0 Å². The van der Waals surface area contributed by atoms with Crippen molar-refractivity contribution < 1.29 is 19.3 Å². The van der Waals surface area contributed by atoms with Gasteiger partial charge in [0.25, 0.3) is 0 Å². The quantitative estimate of drug-likeness (QED) is 0.768. The van der Waals surface area contributed by atoms with Gasteiger partial charge in [0.15, 0.2) is 0 Å². The summed E-state index contributed by atoms with van der Waals surface area (Å²) in [4.78, 5) is 0. The van der Waals surface area contributed by atoms with Crippen molar-refractivity contribution in [2.75, 3.05) is 33.5 Å². The zero-order valence-electron chi connectivity index (χ0n) is 11.4. The van der Waals surface area contributed by atoms with Crippen LogP contribution in [0.5, 0.6) is 5.75 Å². The second kappa shape index (κ2) is 7.48. The molecule has 0 heterocycles. The Morgan fingerprint density at radius 3 is 2.89 bits per heavy atom. The second-order valence-corrected chi connectivity index (χ2v) is 4.72. The standard InChI is InChI=1S/C15H22O4/c1-17-7-8-18-9-10-19-13-6-5-12-3-2-4-15(16)14(12)11-13/h5-6,11,15-16H,2-4,7-10H2,1H3/t15-/m1/s1. The molecule has 0 amide bonds. The first-order valence-electron chi connectivity index (χ1n) is 6.81. The molecule has 0 spiro atoms. The maximum Gasteiger partial charge on any atom is 0.119 e. The molecule has 0 saturated carbocycles. The number of ether oxygens (including phenoxy) is 3. The minimum absolute atomic E-state index is 0.342. The molecule has 0 fully saturated rings. The summed E-state index contributed by atoms with van der Waals surface area (Å²) in [6, 6.07) is 5.97. The van der Waals surface area contributed by atoms with Crippen LogP contribution in [0.1, 0.15) is 30.1 Å². The molecule has 1 aliphatic rings. The summed E-state index contributed by atoms with van der Waals surface area (Å²) in [5.74, 6) is 0.801. The van der Waals surface area contributed by atoms with Crippen LogP contribution in [0, 0.1) is 0 Å². The predicted octanol–water partition coefficient (Wildman–Crippen LogP) is 2.10. The number of fused-ring (bicyclic) bond motifs is 1. The third kappa shape index (κ3) is 4.20. The zero-order valence-corrected chi connectivity index (χ0v) is 11.4. The molecule has 1 N–H and O–H groups in total. The Kier molecular flexibility index (Phi) is 5.63. The predicted molar refractivity (Wildman–Crippen MR) is 72.5 cm³/mol. The number of benzene rings is 1. The maximum atomic E-state index is 9.96. The third-order valence-electron chi connectivity index (χ3n) is 3.33. The van der Waals surface area contributed by atoms with Crippen molar-refractivity contribution >= 4 is 0 Å². The summed E-state index contributed by atoms with van der Waals surface area (Å²) in [7, 11) is 1.65. The fourth-order valence-electron chi connectivity index (χ4n) is 2.30. The molecule has 4 nitrogen and oxygen atoms in total. The molecule has 1 atom stereocenters. The van der Waals surface area contributed by atoms with E-state index >= 15 is 0 Å². The summed E-state index contributed by atoms with van der Waals surface area (Å²) in [6.07, 6.45) is 2.61. The highest BCUT2D eigenvalue weighted by Crippen LogP contribution is 2.32. The van der Waals surface area contributed by atoms with Gasteiger partial charge < -0.3 is 19.3 Å². The lowest BCUT2D eigenvalue weighted by atomic mass is 9.89. The smallest absolute Gasteiger partial charge is 0.119 e. The number of aliphatic hydroxyl groups excluding tert-OH is 1. The van der Waals surface area contributed by atoms with Crippen LogP contribution in [0.4, 0.5) is 0 Å².